The van der Waals surface area contributed by atoms with Crippen molar-refractivity contribution >= 4 is 68.3 Å². The van der Waals surface area contributed by atoms with Crippen molar-refractivity contribution in [2.24, 2.45) is 0 Å². The summed E-state index contributed by atoms with van der Waals surface area (Å²) in [5, 5.41) is 4.41. The molecule has 3 nitrogen and oxygen atoms in total. The van der Waals surface area contributed by atoms with Crippen LogP contribution in [-0.2, 0) is 0 Å². The molecule has 0 fully saturated rings. The van der Waals surface area contributed by atoms with Gasteiger partial charge >= 0.3 is 57.5 Å². The Morgan fingerprint density at radius 3 is 2.56 bits per heavy atom. The van der Waals surface area contributed by atoms with E-state index in [9.17, 15) is 4.79 Å². The van der Waals surface area contributed by atoms with Crippen molar-refractivity contribution in [1.29, 1.82) is 0 Å². The fourth-order valence-electron chi connectivity index (χ4n) is 1.44. The van der Waals surface area contributed by atoms with E-state index in [1.807, 2.05) is 36.4 Å². The Morgan fingerprint density at radius 1 is 1.12 bits per heavy atom. The Labute approximate surface area is 137 Å². The second-order valence-electron chi connectivity index (χ2n) is 3.12. The number of hydrogen-bond donors (Lipinski definition) is 1. The first-order chi connectivity index (χ1) is 7.31. The van der Waals surface area contributed by atoms with E-state index in [0.29, 0.717) is 5.75 Å². The van der Waals surface area contributed by atoms with Crippen molar-refractivity contribution in [3.05, 3.63) is 42.5 Å². The molecule has 0 bridgehead atoms. The van der Waals surface area contributed by atoms with Crippen LogP contribution in [0.4, 0.5) is 4.79 Å². The van der Waals surface area contributed by atoms with Crippen LogP contribution in [0.2, 0.25) is 0 Å². The van der Waals surface area contributed by atoms with E-state index in [4.69, 9.17) is 4.74 Å². The van der Waals surface area contributed by atoms with Crippen LogP contribution in [0.3, 0.4) is 0 Å². The summed E-state index contributed by atoms with van der Waals surface area (Å²) in [4.78, 5) is 11.1. The molecule has 0 aliphatic heterocycles. The van der Waals surface area contributed by atoms with E-state index in [2.05, 4.69) is 5.32 Å². The molecule has 0 radical (unpaired) electrons. The van der Waals surface area contributed by atoms with E-state index in [1.165, 1.54) is 7.05 Å². The van der Waals surface area contributed by atoms with Crippen LogP contribution in [0, 0.1) is 0 Å². The van der Waals surface area contributed by atoms with Crippen molar-refractivity contribution in [1.82, 2.24) is 5.32 Å². The van der Waals surface area contributed by atoms with Gasteiger partial charge < -0.3 is 10.1 Å². The number of hydrogen-bond acceptors (Lipinski definition) is 2. The van der Waals surface area contributed by atoms with Gasteiger partial charge in [-0.1, -0.05) is 36.4 Å². The van der Waals surface area contributed by atoms with Crippen molar-refractivity contribution in [3.8, 4) is 5.75 Å². The molecule has 1 N–H and O–H groups in total. The van der Waals surface area contributed by atoms with Gasteiger partial charge in [0.25, 0.3) is 0 Å². The number of carbonyl (C=O) groups excluding carboxylic acids is 1. The van der Waals surface area contributed by atoms with E-state index >= 15 is 0 Å². The molecule has 0 aliphatic carbocycles. The molecule has 2 aromatic rings. The fraction of sp³-hybridized carbons (Fsp3) is 0.0833. The maximum absolute atomic E-state index is 11.1. The zero-order chi connectivity index (χ0) is 10.7. The number of carbonyl (C=O) groups is 1. The van der Waals surface area contributed by atoms with Crippen LogP contribution < -0.4 is 10.1 Å². The van der Waals surface area contributed by atoms with Gasteiger partial charge in [-0.3, -0.25) is 0 Å². The van der Waals surface area contributed by atoms with Gasteiger partial charge in [0.15, 0.2) is 0 Å². The second kappa shape index (κ2) is 6.37. The predicted octanol–water partition coefficient (Wildman–Crippen LogP) is 1.91. The van der Waals surface area contributed by atoms with Crippen molar-refractivity contribution in [2.45, 2.75) is 0 Å². The monoisotopic (exact) mass is 241 g/mol. The van der Waals surface area contributed by atoms with Crippen molar-refractivity contribution in [3.63, 3.8) is 0 Å². The number of rotatable bonds is 1. The summed E-state index contributed by atoms with van der Waals surface area (Å²) in [6, 6.07) is 13.4. The molecule has 78 valence electrons. The van der Waals surface area contributed by atoms with Gasteiger partial charge in [0.05, 0.1) is 0 Å². The first kappa shape index (κ1) is 13.7. The molecule has 1 amide bonds. The normalized spacial score (nSPS) is 9.31. The third-order valence-electron chi connectivity index (χ3n) is 2.16. The summed E-state index contributed by atoms with van der Waals surface area (Å²) >= 11 is 0. The molecule has 2 rings (SSSR count). The molecule has 0 saturated carbocycles. The number of amides is 1. The van der Waals surface area contributed by atoms with E-state index in [-0.39, 0.29) is 51.4 Å². The van der Waals surface area contributed by atoms with Crippen molar-refractivity contribution in [2.75, 3.05) is 7.05 Å². The van der Waals surface area contributed by atoms with E-state index in [1.54, 1.807) is 6.07 Å². The number of nitrogens with one attached hydrogen (secondary N) is 1. The van der Waals surface area contributed by atoms with Gasteiger partial charge in [0.1, 0.15) is 5.75 Å². The van der Waals surface area contributed by atoms with Crippen LogP contribution in [0.25, 0.3) is 10.8 Å². The first-order valence-electron chi connectivity index (χ1n) is 4.68. The topological polar surface area (TPSA) is 38.3 Å². The Balaban J connectivity index is 0.00000128. The molecule has 0 spiro atoms. The average Bonchev–Trinajstić information content (AvgIpc) is 2.29. The summed E-state index contributed by atoms with van der Waals surface area (Å²) in [5.74, 6) is 0.576. The SMILES string of the molecule is CNC(=O)Oc1cccc2ccccc12.[KH]. The number of benzene rings is 2. The Kier molecular flexibility index (Phi) is 5.44. The molecule has 0 heterocycles. The molecule has 0 aliphatic rings. The van der Waals surface area contributed by atoms with E-state index < -0.39 is 6.09 Å². The first-order valence-corrected chi connectivity index (χ1v) is 4.68. The molecule has 2 aromatic carbocycles. The van der Waals surface area contributed by atoms with Gasteiger partial charge in [-0.25, -0.2) is 4.79 Å². The fourth-order valence-corrected chi connectivity index (χ4v) is 1.44. The maximum atomic E-state index is 11.1. The molecule has 0 saturated heterocycles. The standard InChI is InChI=1S/C12H11NO2.K.H/c1-13-12(14)15-11-8-4-6-9-5-2-3-7-10(9)11;;/h2-8H,1H3,(H,13,14);;. The molecular weight excluding hydrogens is 229 g/mol. The summed E-state index contributed by atoms with van der Waals surface area (Å²) in [7, 11) is 1.54. The molecule has 0 aromatic heterocycles. The van der Waals surface area contributed by atoms with Gasteiger partial charge in [0, 0.05) is 12.4 Å². The third kappa shape index (κ3) is 3.05. The van der Waals surface area contributed by atoms with Gasteiger partial charge in [-0.15, -0.1) is 0 Å². The van der Waals surface area contributed by atoms with Crippen LogP contribution in [0.1, 0.15) is 0 Å². The third-order valence-corrected chi connectivity index (χ3v) is 2.16. The van der Waals surface area contributed by atoms with Crippen LogP contribution in [-0.4, -0.2) is 64.5 Å². The van der Waals surface area contributed by atoms with Crippen LogP contribution >= 0.6 is 0 Å². The minimum absolute atomic E-state index is 0. The summed E-state index contributed by atoms with van der Waals surface area (Å²) in [5.41, 5.74) is 0. The van der Waals surface area contributed by atoms with Crippen LogP contribution in [0.15, 0.2) is 42.5 Å². The van der Waals surface area contributed by atoms with Crippen LogP contribution in [0.5, 0.6) is 5.75 Å². The van der Waals surface area contributed by atoms with Gasteiger partial charge in [-0.05, 0) is 11.5 Å². The average molecular weight is 241 g/mol. The van der Waals surface area contributed by atoms with Gasteiger partial charge in [0.2, 0.25) is 0 Å². The Hall–Kier alpha value is -0.394. The molecule has 4 heteroatoms. The Morgan fingerprint density at radius 2 is 1.81 bits per heavy atom. The number of fused-ring (bicyclic) bond motifs is 1. The number of ether oxygens (including phenoxy) is 1. The molecule has 0 atom stereocenters. The zero-order valence-electron chi connectivity index (χ0n) is 8.36. The second-order valence-corrected chi connectivity index (χ2v) is 3.12. The summed E-state index contributed by atoms with van der Waals surface area (Å²) in [6.45, 7) is 0. The van der Waals surface area contributed by atoms with Crippen molar-refractivity contribution < 1.29 is 9.53 Å². The van der Waals surface area contributed by atoms with E-state index in [0.717, 1.165) is 10.8 Å². The van der Waals surface area contributed by atoms with Gasteiger partial charge in [-0.2, -0.15) is 0 Å². The quantitative estimate of drug-likeness (QED) is 0.775. The summed E-state index contributed by atoms with van der Waals surface area (Å²) in [6.07, 6.45) is -0.452. The molecule has 16 heavy (non-hydrogen) atoms. The molecular formula is C12H12KNO2. The zero-order valence-corrected chi connectivity index (χ0v) is 8.36. The molecule has 0 unspecified atom stereocenters. The Bertz CT molecular complexity index is 494. The minimum atomic E-state index is -0.452. The predicted molar refractivity (Wildman–Crippen MR) is 66.2 cm³/mol. The summed E-state index contributed by atoms with van der Waals surface area (Å²) < 4.78 is 5.13.